The molecular formula is C19H24N4O2. The molecular weight excluding hydrogens is 316 g/mol. The smallest absolute Gasteiger partial charge is 0.266 e. The van der Waals surface area contributed by atoms with E-state index in [1.54, 1.807) is 36.2 Å². The van der Waals surface area contributed by atoms with Crippen LogP contribution in [0.1, 0.15) is 39.0 Å². The molecule has 2 N–H and O–H groups in total. The highest BCUT2D eigenvalue weighted by Gasteiger charge is 2.25. The van der Waals surface area contributed by atoms with E-state index in [0.717, 1.165) is 25.7 Å². The van der Waals surface area contributed by atoms with Crippen molar-refractivity contribution >= 4 is 23.2 Å². The molecule has 2 rings (SSSR count). The quantitative estimate of drug-likeness (QED) is 0.518. The van der Waals surface area contributed by atoms with Crippen molar-refractivity contribution in [2.24, 2.45) is 0 Å². The number of nitrogen functional groups attached to an aromatic ring is 1. The van der Waals surface area contributed by atoms with Crippen LogP contribution in [0.15, 0.2) is 36.0 Å². The Bertz CT molecular complexity index is 714. The zero-order chi connectivity index (χ0) is 18.4. The largest absolute Gasteiger partial charge is 0.399 e. The molecule has 0 aromatic heterocycles. The van der Waals surface area contributed by atoms with Crippen LogP contribution in [0, 0.1) is 11.3 Å². The molecule has 0 spiro atoms. The van der Waals surface area contributed by atoms with Crippen molar-refractivity contribution in [1.29, 1.82) is 5.26 Å². The first kappa shape index (κ1) is 18.5. The number of nitrogens with two attached hydrogens (primary N) is 1. The molecule has 0 saturated heterocycles. The number of nitriles is 1. The first-order chi connectivity index (χ1) is 11.9. The maximum absolute atomic E-state index is 12.7. The van der Waals surface area contributed by atoms with Gasteiger partial charge in [-0.3, -0.25) is 14.5 Å². The molecule has 1 saturated carbocycles. The highest BCUT2D eigenvalue weighted by molar-refractivity contribution is 6.01. The maximum Gasteiger partial charge on any atom is 0.266 e. The number of rotatable bonds is 4. The second-order valence-electron chi connectivity index (χ2n) is 6.35. The van der Waals surface area contributed by atoms with Crippen molar-refractivity contribution in [3.63, 3.8) is 0 Å². The Balaban J connectivity index is 2.27. The summed E-state index contributed by atoms with van der Waals surface area (Å²) >= 11 is 0. The Hall–Kier alpha value is -2.81. The van der Waals surface area contributed by atoms with Gasteiger partial charge in [0.05, 0.1) is 5.69 Å². The number of anilines is 2. The van der Waals surface area contributed by atoms with E-state index in [2.05, 4.69) is 0 Å². The van der Waals surface area contributed by atoms with E-state index in [1.165, 1.54) is 24.4 Å². The Morgan fingerprint density at radius 1 is 1.28 bits per heavy atom. The summed E-state index contributed by atoms with van der Waals surface area (Å²) in [7, 11) is 1.72. The van der Waals surface area contributed by atoms with Gasteiger partial charge in [0.2, 0.25) is 5.91 Å². The topological polar surface area (TPSA) is 90.4 Å². The molecule has 132 valence electrons. The maximum atomic E-state index is 12.7. The summed E-state index contributed by atoms with van der Waals surface area (Å²) in [5, 5.41) is 9.45. The van der Waals surface area contributed by atoms with Gasteiger partial charge in [-0.05, 0) is 31.0 Å². The molecule has 0 unspecified atom stereocenters. The molecule has 1 fully saturated rings. The Morgan fingerprint density at radius 2 is 1.96 bits per heavy atom. The molecule has 2 amide bonds. The van der Waals surface area contributed by atoms with E-state index < -0.39 is 0 Å². The zero-order valence-electron chi connectivity index (χ0n) is 14.7. The van der Waals surface area contributed by atoms with Crippen molar-refractivity contribution in [2.75, 3.05) is 17.7 Å². The van der Waals surface area contributed by atoms with E-state index in [0.29, 0.717) is 11.4 Å². The summed E-state index contributed by atoms with van der Waals surface area (Å²) in [6.45, 7) is 1.38. The minimum Gasteiger partial charge on any atom is -0.399 e. The standard InChI is InChI=1S/C19H24N4O2/c1-14(24)23(18-10-6-7-16(21)11-18)13-15(12-20)19(25)22(2)17-8-4-3-5-9-17/h6-7,10-11,13,17H,3-5,8-9,21H2,1-2H3/b15-13-. The van der Waals surface area contributed by atoms with Gasteiger partial charge in [-0.1, -0.05) is 25.3 Å². The fourth-order valence-electron chi connectivity index (χ4n) is 3.11. The van der Waals surface area contributed by atoms with Gasteiger partial charge in [0, 0.05) is 31.9 Å². The zero-order valence-corrected chi connectivity index (χ0v) is 14.7. The third-order valence-corrected chi connectivity index (χ3v) is 4.54. The lowest BCUT2D eigenvalue weighted by Crippen LogP contribution is -2.39. The van der Waals surface area contributed by atoms with Crippen molar-refractivity contribution in [1.82, 2.24) is 4.90 Å². The van der Waals surface area contributed by atoms with E-state index >= 15 is 0 Å². The van der Waals surface area contributed by atoms with E-state index in [4.69, 9.17) is 5.73 Å². The molecule has 1 aliphatic carbocycles. The number of benzene rings is 1. The number of hydrogen-bond acceptors (Lipinski definition) is 4. The SMILES string of the molecule is CC(=O)N(/C=C(/C#N)C(=O)N(C)C1CCCCC1)c1cccc(N)c1. The first-order valence-corrected chi connectivity index (χ1v) is 8.48. The van der Waals surface area contributed by atoms with Gasteiger partial charge in [0.1, 0.15) is 11.6 Å². The van der Waals surface area contributed by atoms with Gasteiger partial charge in [-0.25, -0.2) is 0 Å². The Kier molecular flexibility index (Phi) is 6.18. The van der Waals surface area contributed by atoms with Gasteiger partial charge in [0.15, 0.2) is 0 Å². The van der Waals surface area contributed by atoms with Crippen molar-refractivity contribution in [3.05, 3.63) is 36.0 Å². The van der Waals surface area contributed by atoms with Crippen LogP contribution in [0.25, 0.3) is 0 Å². The number of carbonyl (C=O) groups is 2. The summed E-state index contributed by atoms with van der Waals surface area (Å²) in [6.07, 6.45) is 6.58. The Morgan fingerprint density at radius 3 is 2.52 bits per heavy atom. The molecule has 0 radical (unpaired) electrons. The number of carbonyl (C=O) groups excluding carboxylic acids is 2. The second-order valence-corrected chi connectivity index (χ2v) is 6.35. The molecule has 6 heteroatoms. The van der Waals surface area contributed by atoms with Crippen LogP contribution in [-0.4, -0.2) is 29.8 Å². The van der Waals surface area contributed by atoms with Crippen LogP contribution in [0.5, 0.6) is 0 Å². The molecule has 0 aliphatic heterocycles. The number of nitrogens with zero attached hydrogens (tertiary/aromatic N) is 3. The van der Waals surface area contributed by atoms with Gasteiger partial charge in [-0.15, -0.1) is 0 Å². The van der Waals surface area contributed by atoms with Crippen LogP contribution in [-0.2, 0) is 9.59 Å². The summed E-state index contributed by atoms with van der Waals surface area (Å²) < 4.78 is 0. The summed E-state index contributed by atoms with van der Waals surface area (Å²) in [6, 6.07) is 8.85. The lowest BCUT2D eigenvalue weighted by atomic mass is 9.94. The summed E-state index contributed by atoms with van der Waals surface area (Å²) in [4.78, 5) is 27.6. The molecule has 0 heterocycles. The van der Waals surface area contributed by atoms with E-state index in [-0.39, 0.29) is 23.4 Å². The molecule has 6 nitrogen and oxygen atoms in total. The molecule has 0 bridgehead atoms. The van der Waals surface area contributed by atoms with E-state index in [9.17, 15) is 14.9 Å². The predicted molar refractivity (Wildman–Crippen MR) is 97.4 cm³/mol. The van der Waals surface area contributed by atoms with Gasteiger partial charge in [0.25, 0.3) is 5.91 Å². The molecule has 25 heavy (non-hydrogen) atoms. The Labute approximate surface area is 148 Å². The van der Waals surface area contributed by atoms with Gasteiger partial charge in [-0.2, -0.15) is 5.26 Å². The minimum absolute atomic E-state index is 0.0642. The highest BCUT2D eigenvalue weighted by Crippen LogP contribution is 2.24. The first-order valence-electron chi connectivity index (χ1n) is 8.48. The van der Waals surface area contributed by atoms with E-state index in [1.807, 2.05) is 6.07 Å². The van der Waals surface area contributed by atoms with Crippen molar-refractivity contribution < 1.29 is 9.59 Å². The fraction of sp³-hybridized carbons (Fsp3) is 0.421. The van der Waals surface area contributed by atoms with Crippen LogP contribution in [0.4, 0.5) is 11.4 Å². The summed E-state index contributed by atoms with van der Waals surface area (Å²) in [5.74, 6) is -0.656. The fourth-order valence-corrected chi connectivity index (χ4v) is 3.11. The second kappa shape index (κ2) is 8.34. The van der Waals surface area contributed by atoms with Crippen molar-refractivity contribution in [3.8, 4) is 6.07 Å². The molecule has 0 atom stereocenters. The number of hydrogen-bond donors (Lipinski definition) is 1. The molecule has 1 aromatic rings. The third-order valence-electron chi connectivity index (χ3n) is 4.54. The summed E-state index contributed by atoms with van der Waals surface area (Å²) in [5.41, 5.74) is 6.73. The normalized spacial score (nSPS) is 15.3. The average Bonchev–Trinajstić information content (AvgIpc) is 2.62. The van der Waals surface area contributed by atoms with Crippen LogP contribution >= 0.6 is 0 Å². The highest BCUT2D eigenvalue weighted by atomic mass is 16.2. The van der Waals surface area contributed by atoms with Crippen molar-refractivity contribution in [2.45, 2.75) is 45.1 Å². The molecule has 1 aliphatic rings. The van der Waals surface area contributed by atoms with Crippen LogP contribution in [0.2, 0.25) is 0 Å². The molecule has 1 aromatic carbocycles. The monoisotopic (exact) mass is 340 g/mol. The lowest BCUT2D eigenvalue weighted by molar-refractivity contribution is -0.128. The van der Waals surface area contributed by atoms with Gasteiger partial charge >= 0.3 is 0 Å². The third kappa shape index (κ3) is 4.60. The predicted octanol–water partition coefficient (Wildman–Crippen LogP) is 2.82. The lowest BCUT2D eigenvalue weighted by Gasteiger charge is -2.31. The van der Waals surface area contributed by atoms with Gasteiger partial charge < -0.3 is 10.6 Å². The number of likely N-dealkylation sites (N-methyl/N-ethyl adjacent to an activating group) is 1. The van der Waals surface area contributed by atoms with Crippen LogP contribution < -0.4 is 10.6 Å². The average molecular weight is 340 g/mol. The minimum atomic E-state index is -0.357. The van der Waals surface area contributed by atoms with Crippen LogP contribution in [0.3, 0.4) is 0 Å². The number of amides is 2.